The number of nitrogens with one attached hydrogen (secondary N) is 1. The first kappa shape index (κ1) is 11.4. The van der Waals surface area contributed by atoms with E-state index in [0.29, 0.717) is 0 Å². The Hall–Kier alpha value is -0.0800. The van der Waals surface area contributed by atoms with Crippen molar-refractivity contribution in [1.29, 1.82) is 0 Å². The van der Waals surface area contributed by atoms with Gasteiger partial charge in [0.25, 0.3) is 0 Å². The van der Waals surface area contributed by atoms with E-state index in [1.165, 1.54) is 51.6 Å². The maximum absolute atomic E-state index is 3.78. The summed E-state index contributed by atoms with van der Waals surface area (Å²) in [4.78, 5) is 2.51. The van der Waals surface area contributed by atoms with Crippen molar-refractivity contribution in [2.24, 2.45) is 5.92 Å². The molecule has 1 aliphatic heterocycles. The molecule has 0 bridgehead atoms. The van der Waals surface area contributed by atoms with Crippen LogP contribution in [-0.2, 0) is 0 Å². The maximum Gasteiger partial charge on any atom is 0.0218 e. The van der Waals surface area contributed by atoms with Gasteiger partial charge >= 0.3 is 0 Å². The minimum Gasteiger partial charge on any atom is -0.312 e. The van der Waals surface area contributed by atoms with E-state index in [9.17, 15) is 0 Å². The van der Waals surface area contributed by atoms with Crippen molar-refractivity contribution < 1.29 is 0 Å². The van der Waals surface area contributed by atoms with Crippen LogP contribution in [0.4, 0.5) is 0 Å². The summed E-state index contributed by atoms with van der Waals surface area (Å²) in [5.74, 6) is 0.942. The van der Waals surface area contributed by atoms with E-state index < -0.39 is 0 Å². The molecule has 2 heteroatoms. The summed E-state index contributed by atoms with van der Waals surface area (Å²) in [6.45, 7) is 4.91. The first-order chi connectivity index (χ1) is 7.25. The van der Waals surface area contributed by atoms with E-state index in [1.54, 1.807) is 0 Å². The third-order valence-electron chi connectivity index (χ3n) is 4.25. The van der Waals surface area contributed by atoms with Crippen LogP contribution in [0, 0.1) is 5.92 Å². The average molecular weight is 210 g/mol. The van der Waals surface area contributed by atoms with Crippen molar-refractivity contribution in [2.45, 2.75) is 57.5 Å². The smallest absolute Gasteiger partial charge is 0.0218 e. The van der Waals surface area contributed by atoms with Crippen LogP contribution in [-0.4, -0.2) is 37.1 Å². The molecule has 1 heterocycles. The molecule has 3 unspecified atom stereocenters. The van der Waals surface area contributed by atoms with Crippen LogP contribution < -0.4 is 5.32 Å². The number of hydrogen-bond donors (Lipinski definition) is 1. The predicted octanol–water partition coefficient (Wildman–Crippen LogP) is 2.25. The largest absolute Gasteiger partial charge is 0.312 e. The van der Waals surface area contributed by atoms with Gasteiger partial charge in [-0.3, -0.25) is 0 Å². The molecular formula is C13H26N2. The quantitative estimate of drug-likeness (QED) is 0.768. The Morgan fingerprint density at radius 2 is 2.07 bits per heavy atom. The third kappa shape index (κ3) is 3.18. The number of nitrogens with zero attached hydrogens (tertiary/aromatic N) is 1. The molecule has 0 radical (unpaired) electrons. The van der Waals surface area contributed by atoms with Crippen LogP contribution in [0.1, 0.15) is 45.4 Å². The summed E-state index contributed by atoms with van der Waals surface area (Å²) in [6, 6.07) is 1.62. The predicted molar refractivity (Wildman–Crippen MR) is 65.1 cm³/mol. The van der Waals surface area contributed by atoms with Crippen molar-refractivity contribution in [2.75, 3.05) is 20.1 Å². The SMILES string of the molecule is CC1CCCC(NCC2CCCN2C)C1. The summed E-state index contributed by atoms with van der Waals surface area (Å²) >= 11 is 0. The van der Waals surface area contributed by atoms with E-state index in [0.717, 1.165) is 18.0 Å². The highest BCUT2D eigenvalue weighted by molar-refractivity contribution is 4.82. The van der Waals surface area contributed by atoms with Crippen LogP contribution in [0.3, 0.4) is 0 Å². The lowest BCUT2D eigenvalue weighted by atomic mass is 9.87. The first-order valence-electron chi connectivity index (χ1n) is 6.69. The van der Waals surface area contributed by atoms with Crippen LogP contribution in [0.5, 0.6) is 0 Å². The molecular weight excluding hydrogens is 184 g/mol. The summed E-state index contributed by atoms with van der Waals surface area (Å²) in [6.07, 6.45) is 8.47. The Labute approximate surface area is 94.4 Å². The van der Waals surface area contributed by atoms with Gasteiger partial charge in [0.15, 0.2) is 0 Å². The molecule has 0 aromatic heterocycles. The van der Waals surface area contributed by atoms with Gasteiger partial charge in [-0.15, -0.1) is 0 Å². The second-order valence-corrected chi connectivity index (χ2v) is 5.65. The summed E-state index contributed by atoms with van der Waals surface area (Å²) in [7, 11) is 2.27. The molecule has 2 rings (SSSR count). The fourth-order valence-corrected chi connectivity index (χ4v) is 3.16. The third-order valence-corrected chi connectivity index (χ3v) is 4.25. The highest BCUT2D eigenvalue weighted by Gasteiger charge is 2.23. The summed E-state index contributed by atoms with van der Waals surface area (Å²) in [5, 5.41) is 3.78. The molecule has 1 saturated heterocycles. The van der Waals surface area contributed by atoms with E-state index in [1.807, 2.05) is 0 Å². The molecule has 1 N–H and O–H groups in total. The van der Waals surface area contributed by atoms with Gasteiger partial charge in [-0.05, 0) is 45.2 Å². The van der Waals surface area contributed by atoms with Crippen molar-refractivity contribution in [3.05, 3.63) is 0 Å². The standard InChI is InChI=1S/C13H26N2/c1-11-5-3-6-12(9-11)14-10-13-7-4-8-15(13)2/h11-14H,3-10H2,1-2H3. The van der Waals surface area contributed by atoms with Gasteiger partial charge in [0, 0.05) is 18.6 Å². The second kappa shape index (κ2) is 5.31. The van der Waals surface area contributed by atoms with E-state index >= 15 is 0 Å². The molecule has 15 heavy (non-hydrogen) atoms. The highest BCUT2D eigenvalue weighted by atomic mass is 15.2. The van der Waals surface area contributed by atoms with Gasteiger partial charge in [-0.1, -0.05) is 19.8 Å². The first-order valence-corrected chi connectivity index (χ1v) is 6.69. The molecule has 0 amide bonds. The van der Waals surface area contributed by atoms with Gasteiger partial charge in [-0.25, -0.2) is 0 Å². The van der Waals surface area contributed by atoms with Gasteiger partial charge < -0.3 is 10.2 Å². The lowest BCUT2D eigenvalue weighted by molar-refractivity contribution is 0.256. The van der Waals surface area contributed by atoms with E-state index in [-0.39, 0.29) is 0 Å². The summed E-state index contributed by atoms with van der Waals surface area (Å²) in [5.41, 5.74) is 0. The zero-order chi connectivity index (χ0) is 10.7. The van der Waals surface area contributed by atoms with Crippen molar-refractivity contribution in [3.63, 3.8) is 0 Å². The Morgan fingerprint density at radius 1 is 1.20 bits per heavy atom. The average Bonchev–Trinajstić information content (AvgIpc) is 2.61. The Bertz CT molecular complexity index is 193. The molecule has 2 nitrogen and oxygen atoms in total. The van der Waals surface area contributed by atoms with Crippen molar-refractivity contribution in [3.8, 4) is 0 Å². The maximum atomic E-state index is 3.78. The molecule has 3 atom stereocenters. The highest BCUT2D eigenvalue weighted by Crippen LogP contribution is 2.24. The molecule has 0 spiro atoms. The summed E-state index contributed by atoms with van der Waals surface area (Å²) < 4.78 is 0. The molecule has 0 aromatic carbocycles. The van der Waals surface area contributed by atoms with Gasteiger partial charge in [0.1, 0.15) is 0 Å². The molecule has 1 saturated carbocycles. The number of likely N-dealkylation sites (tertiary alicyclic amines) is 1. The second-order valence-electron chi connectivity index (χ2n) is 5.65. The lowest BCUT2D eigenvalue weighted by Crippen LogP contribution is -2.42. The number of hydrogen-bond acceptors (Lipinski definition) is 2. The van der Waals surface area contributed by atoms with Crippen molar-refractivity contribution >= 4 is 0 Å². The topological polar surface area (TPSA) is 15.3 Å². The van der Waals surface area contributed by atoms with E-state index in [4.69, 9.17) is 0 Å². The van der Waals surface area contributed by atoms with Crippen LogP contribution >= 0.6 is 0 Å². The Kier molecular flexibility index (Phi) is 4.04. The minimum absolute atomic E-state index is 0.808. The number of rotatable bonds is 3. The molecule has 2 fully saturated rings. The minimum atomic E-state index is 0.808. The Morgan fingerprint density at radius 3 is 2.73 bits per heavy atom. The fourth-order valence-electron chi connectivity index (χ4n) is 3.16. The number of likely N-dealkylation sites (N-methyl/N-ethyl adjacent to an activating group) is 1. The molecule has 1 aliphatic carbocycles. The molecule has 0 aromatic rings. The molecule has 2 aliphatic rings. The van der Waals surface area contributed by atoms with E-state index in [2.05, 4.69) is 24.2 Å². The zero-order valence-electron chi connectivity index (χ0n) is 10.3. The molecule has 88 valence electrons. The Balaban J connectivity index is 1.68. The lowest BCUT2D eigenvalue weighted by Gasteiger charge is -2.30. The fraction of sp³-hybridized carbons (Fsp3) is 1.00. The normalized spacial score (nSPS) is 38.4. The van der Waals surface area contributed by atoms with Crippen LogP contribution in [0.25, 0.3) is 0 Å². The van der Waals surface area contributed by atoms with Gasteiger partial charge in [0.05, 0.1) is 0 Å². The monoisotopic (exact) mass is 210 g/mol. The van der Waals surface area contributed by atoms with Crippen molar-refractivity contribution in [1.82, 2.24) is 10.2 Å². The van der Waals surface area contributed by atoms with Gasteiger partial charge in [-0.2, -0.15) is 0 Å². The van der Waals surface area contributed by atoms with Crippen LogP contribution in [0.2, 0.25) is 0 Å². The van der Waals surface area contributed by atoms with Crippen LogP contribution in [0.15, 0.2) is 0 Å². The zero-order valence-corrected chi connectivity index (χ0v) is 10.3. The van der Waals surface area contributed by atoms with Gasteiger partial charge in [0.2, 0.25) is 0 Å².